The minimum absolute atomic E-state index is 0.191. The van der Waals surface area contributed by atoms with E-state index >= 15 is 0 Å². The topological polar surface area (TPSA) is 44.1 Å². The van der Waals surface area contributed by atoms with Gasteiger partial charge in [0.1, 0.15) is 6.54 Å². The average Bonchev–Trinajstić information content (AvgIpc) is 2.34. The van der Waals surface area contributed by atoms with Crippen LogP contribution in [0.1, 0.15) is 17.0 Å². The number of carbonyl (C=O) groups excluding carboxylic acids is 1. The van der Waals surface area contributed by atoms with Gasteiger partial charge in [0.15, 0.2) is 0 Å². The number of rotatable bonds is 2. The van der Waals surface area contributed by atoms with Gasteiger partial charge in [-0.1, -0.05) is 0 Å². The summed E-state index contributed by atoms with van der Waals surface area (Å²) in [6, 6.07) is 0. The van der Waals surface area contributed by atoms with E-state index in [0.29, 0.717) is 0 Å². The maximum absolute atomic E-state index is 11.0. The summed E-state index contributed by atoms with van der Waals surface area (Å²) in [4.78, 5) is 11.0. The second-order valence-corrected chi connectivity index (χ2v) is 3.03. The SMILES string of the molecule is COC(=O)Cn1nc(C)c(C)c1C. The molecule has 0 amide bonds. The molecule has 0 aliphatic heterocycles. The highest BCUT2D eigenvalue weighted by Gasteiger charge is 2.10. The van der Waals surface area contributed by atoms with Crippen molar-refractivity contribution >= 4 is 5.97 Å². The molecule has 0 radical (unpaired) electrons. The van der Waals surface area contributed by atoms with Crippen LogP contribution in [-0.2, 0) is 16.1 Å². The summed E-state index contributed by atoms with van der Waals surface area (Å²) in [6.07, 6.45) is 0. The van der Waals surface area contributed by atoms with E-state index in [-0.39, 0.29) is 12.5 Å². The fourth-order valence-electron chi connectivity index (χ4n) is 1.13. The highest BCUT2D eigenvalue weighted by Crippen LogP contribution is 2.10. The Balaban J connectivity index is 2.90. The monoisotopic (exact) mass is 182 g/mol. The molecule has 0 unspecified atom stereocenters. The average molecular weight is 182 g/mol. The summed E-state index contributed by atoms with van der Waals surface area (Å²) < 4.78 is 6.22. The van der Waals surface area contributed by atoms with Crippen molar-refractivity contribution in [2.75, 3.05) is 7.11 Å². The third-order valence-corrected chi connectivity index (χ3v) is 2.25. The number of hydrogen-bond donors (Lipinski definition) is 0. The number of esters is 1. The number of carbonyl (C=O) groups is 1. The van der Waals surface area contributed by atoms with Gasteiger partial charge in [-0.25, -0.2) is 0 Å². The molecule has 0 aromatic carbocycles. The summed E-state index contributed by atoms with van der Waals surface area (Å²) in [5, 5.41) is 4.21. The van der Waals surface area contributed by atoms with Gasteiger partial charge in [-0.15, -0.1) is 0 Å². The number of ether oxygens (including phenoxy) is 1. The summed E-state index contributed by atoms with van der Waals surface area (Å²) in [5.74, 6) is -0.273. The van der Waals surface area contributed by atoms with E-state index in [1.165, 1.54) is 7.11 Å². The lowest BCUT2D eigenvalue weighted by Crippen LogP contribution is -2.13. The van der Waals surface area contributed by atoms with Gasteiger partial charge in [-0.2, -0.15) is 5.10 Å². The summed E-state index contributed by atoms with van der Waals surface area (Å²) >= 11 is 0. The molecule has 0 aliphatic carbocycles. The highest BCUT2D eigenvalue weighted by molar-refractivity contribution is 5.69. The largest absolute Gasteiger partial charge is 0.468 e. The minimum Gasteiger partial charge on any atom is -0.468 e. The van der Waals surface area contributed by atoms with Crippen molar-refractivity contribution in [1.29, 1.82) is 0 Å². The Bertz CT molecular complexity index is 329. The second-order valence-electron chi connectivity index (χ2n) is 3.03. The predicted molar refractivity (Wildman–Crippen MR) is 48.5 cm³/mol. The molecule has 0 spiro atoms. The van der Waals surface area contributed by atoms with Gasteiger partial charge in [0.2, 0.25) is 0 Å². The first-order chi connectivity index (χ1) is 6.06. The maximum Gasteiger partial charge on any atom is 0.327 e. The van der Waals surface area contributed by atoms with Crippen molar-refractivity contribution in [3.63, 3.8) is 0 Å². The molecule has 4 nitrogen and oxygen atoms in total. The number of aromatic nitrogens is 2. The summed E-state index contributed by atoms with van der Waals surface area (Å²) in [7, 11) is 1.38. The van der Waals surface area contributed by atoms with Crippen molar-refractivity contribution in [2.45, 2.75) is 27.3 Å². The van der Waals surface area contributed by atoms with Gasteiger partial charge in [0.05, 0.1) is 12.8 Å². The fourth-order valence-corrected chi connectivity index (χ4v) is 1.13. The zero-order valence-electron chi connectivity index (χ0n) is 8.42. The summed E-state index contributed by atoms with van der Waals surface area (Å²) in [6.45, 7) is 6.05. The Morgan fingerprint density at radius 2 is 2.08 bits per heavy atom. The van der Waals surface area contributed by atoms with Gasteiger partial charge in [0, 0.05) is 5.69 Å². The Morgan fingerprint density at radius 1 is 1.46 bits per heavy atom. The lowest BCUT2D eigenvalue weighted by Gasteiger charge is -2.01. The third kappa shape index (κ3) is 1.88. The number of hydrogen-bond acceptors (Lipinski definition) is 3. The van der Waals surface area contributed by atoms with Crippen molar-refractivity contribution in [3.8, 4) is 0 Å². The highest BCUT2D eigenvalue weighted by atomic mass is 16.5. The molecule has 0 atom stereocenters. The molecule has 13 heavy (non-hydrogen) atoms. The third-order valence-electron chi connectivity index (χ3n) is 2.25. The van der Waals surface area contributed by atoms with E-state index in [2.05, 4.69) is 9.84 Å². The number of aryl methyl sites for hydroxylation is 1. The van der Waals surface area contributed by atoms with Crippen molar-refractivity contribution in [3.05, 3.63) is 17.0 Å². The Morgan fingerprint density at radius 3 is 2.46 bits per heavy atom. The molecule has 1 aromatic rings. The van der Waals surface area contributed by atoms with Crippen molar-refractivity contribution in [1.82, 2.24) is 9.78 Å². The van der Waals surface area contributed by atoms with Crippen LogP contribution >= 0.6 is 0 Å². The first-order valence-electron chi connectivity index (χ1n) is 4.13. The van der Waals surface area contributed by atoms with Gasteiger partial charge in [0.25, 0.3) is 0 Å². The van der Waals surface area contributed by atoms with Crippen molar-refractivity contribution < 1.29 is 9.53 Å². The molecular formula is C9H14N2O2. The molecule has 4 heteroatoms. The van der Waals surface area contributed by atoms with Gasteiger partial charge in [-0.3, -0.25) is 9.48 Å². The second kappa shape index (κ2) is 3.60. The first-order valence-corrected chi connectivity index (χ1v) is 4.13. The quantitative estimate of drug-likeness (QED) is 0.640. The van der Waals surface area contributed by atoms with E-state index in [0.717, 1.165) is 17.0 Å². The Kier molecular flexibility index (Phi) is 2.70. The van der Waals surface area contributed by atoms with Gasteiger partial charge in [-0.05, 0) is 26.3 Å². The van der Waals surface area contributed by atoms with E-state index < -0.39 is 0 Å². The zero-order chi connectivity index (χ0) is 10.0. The zero-order valence-corrected chi connectivity index (χ0v) is 8.42. The van der Waals surface area contributed by atoms with E-state index in [1.54, 1.807) is 4.68 Å². The van der Waals surface area contributed by atoms with Crippen LogP contribution in [0, 0.1) is 20.8 Å². The standard InChI is InChI=1S/C9H14N2O2/c1-6-7(2)10-11(8(6)3)5-9(12)13-4/h5H2,1-4H3. The molecule has 1 aromatic heterocycles. The van der Waals surface area contributed by atoms with Crippen LogP contribution in [0.5, 0.6) is 0 Å². The summed E-state index contributed by atoms with van der Waals surface area (Å²) in [5.41, 5.74) is 3.10. The smallest absolute Gasteiger partial charge is 0.327 e. The lowest BCUT2D eigenvalue weighted by atomic mass is 10.2. The van der Waals surface area contributed by atoms with Crippen molar-refractivity contribution in [2.24, 2.45) is 0 Å². The maximum atomic E-state index is 11.0. The minimum atomic E-state index is -0.273. The molecule has 1 rings (SSSR count). The molecule has 0 aliphatic rings. The molecule has 0 N–H and O–H groups in total. The van der Waals surface area contributed by atoms with E-state index in [1.807, 2.05) is 20.8 Å². The van der Waals surface area contributed by atoms with Gasteiger partial charge < -0.3 is 4.74 Å². The fraction of sp³-hybridized carbons (Fsp3) is 0.556. The Hall–Kier alpha value is -1.32. The first kappa shape index (κ1) is 9.77. The molecule has 72 valence electrons. The molecule has 0 bridgehead atoms. The molecular weight excluding hydrogens is 168 g/mol. The van der Waals surface area contributed by atoms with E-state index in [9.17, 15) is 4.79 Å². The van der Waals surface area contributed by atoms with Crippen LogP contribution in [-0.4, -0.2) is 22.9 Å². The molecule has 0 saturated carbocycles. The molecule has 0 saturated heterocycles. The van der Waals surface area contributed by atoms with Crippen LogP contribution in [0.4, 0.5) is 0 Å². The number of methoxy groups -OCH3 is 1. The van der Waals surface area contributed by atoms with Gasteiger partial charge >= 0.3 is 5.97 Å². The van der Waals surface area contributed by atoms with Crippen LogP contribution in [0.3, 0.4) is 0 Å². The van der Waals surface area contributed by atoms with E-state index in [4.69, 9.17) is 0 Å². The van der Waals surface area contributed by atoms with Crippen LogP contribution in [0.2, 0.25) is 0 Å². The number of nitrogens with zero attached hydrogens (tertiary/aromatic N) is 2. The van der Waals surface area contributed by atoms with Crippen LogP contribution < -0.4 is 0 Å². The molecule has 0 fully saturated rings. The Labute approximate surface area is 77.5 Å². The predicted octanol–water partition coefficient (Wildman–Crippen LogP) is 0.981. The normalized spacial score (nSPS) is 10.2. The lowest BCUT2D eigenvalue weighted by molar-refractivity contribution is -0.141. The molecule has 1 heterocycles. The van der Waals surface area contributed by atoms with Crippen LogP contribution in [0.15, 0.2) is 0 Å². The van der Waals surface area contributed by atoms with Crippen LogP contribution in [0.25, 0.3) is 0 Å².